The van der Waals surface area contributed by atoms with Crippen LogP contribution in [0.1, 0.15) is 28.9 Å². The maximum Gasteiger partial charge on any atom is 0.254 e. The zero-order chi connectivity index (χ0) is 23.7. The minimum Gasteiger partial charge on any atom is -0.365 e. The van der Waals surface area contributed by atoms with E-state index in [1.807, 2.05) is 28.9 Å². The predicted octanol–water partition coefficient (Wildman–Crippen LogP) is 1.86. The van der Waals surface area contributed by atoms with Crippen molar-refractivity contribution in [1.29, 1.82) is 0 Å². The molecule has 1 saturated heterocycles. The molecule has 4 aromatic rings. The van der Waals surface area contributed by atoms with Gasteiger partial charge in [-0.3, -0.25) is 14.4 Å². The lowest BCUT2D eigenvalue weighted by Crippen LogP contribution is -2.50. The van der Waals surface area contributed by atoms with Crippen LogP contribution in [0.2, 0.25) is 0 Å². The molecule has 0 saturated carbocycles. The highest BCUT2D eigenvalue weighted by molar-refractivity contribution is 5.98. The van der Waals surface area contributed by atoms with Crippen LogP contribution in [0.25, 0.3) is 5.52 Å². The second-order valence-corrected chi connectivity index (χ2v) is 8.60. The largest absolute Gasteiger partial charge is 0.365 e. The second kappa shape index (κ2) is 8.84. The van der Waals surface area contributed by atoms with Gasteiger partial charge in [0.15, 0.2) is 5.82 Å². The Labute approximate surface area is 195 Å². The number of fused-ring (bicyclic) bond motifs is 1. The predicted molar refractivity (Wildman–Crippen MR) is 125 cm³/mol. The maximum absolute atomic E-state index is 13.5. The normalized spacial score (nSPS) is 16.1. The number of hydrogen-bond acceptors (Lipinski definition) is 7. The molecule has 0 radical (unpaired) electrons. The van der Waals surface area contributed by atoms with Crippen molar-refractivity contribution in [1.82, 2.24) is 29.3 Å². The lowest BCUT2D eigenvalue weighted by atomic mass is 9.87. The van der Waals surface area contributed by atoms with Crippen LogP contribution < -0.4 is 16.8 Å². The number of pyridine rings is 2. The van der Waals surface area contributed by atoms with Crippen LogP contribution in [0, 0.1) is 5.95 Å². The maximum atomic E-state index is 13.5. The second-order valence-electron chi connectivity index (χ2n) is 8.60. The van der Waals surface area contributed by atoms with Gasteiger partial charge in [-0.25, -0.2) is 9.50 Å². The molecule has 5 heterocycles. The topological polar surface area (TPSA) is 132 Å². The number of halogens is 1. The summed E-state index contributed by atoms with van der Waals surface area (Å²) in [5.74, 6) is -1.00. The number of nitrogens with one attached hydrogen (secondary N) is 1. The van der Waals surface area contributed by atoms with Crippen molar-refractivity contribution in [2.75, 3.05) is 25.0 Å². The number of anilines is 2. The zero-order valence-corrected chi connectivity index (χ0v) is 18.6. The van der Waals surface area contributed by atoms with Gasteiger partial charge in [0.05, 0.1) is 16.7 Å². The van der Waals surface area contributed by atoms with Gasteiger partial charge in [0.25, 0.3) is 5.91 Å². The van der Waals surface area contributed by atoms with Crippen LogP contribution in [0.4, 0.5) is 15.9 Å². The Morgan fingerprint density at radius 3 is 2.71 bits per heavy atom. The van der Waals surface area contributed by atoms with E-state index < -0.39 is 17.4 Å². The standard InChI is InChI=1S/C23H26FN9O/c24-20-12-16(4-7-27-20)28-22-19(21(26)34)14-33(30-22)23(15-25)5-9-31(10-6-23)13-17-11-18-3-1-2-8-32(18)29-17/h1-4,7-8,11-12,14H,5-6,9-10,13,15,25H2,(H2,26,34)(H,27,28,30). The summed E-state index contributed by atoms with van der Waals surface area (Å²) in [5.41, 5.74) is 14.1. The summed E-state index contributed by atoms with van der Waals surface area (Å²) in [6.45, 7) is 2.71. The van der Waals surface area contributed by atoms with E-state index in [-0.39, 0.29) is 11.4 Å². The molecule has 0 unspecified atom stereocenters. The Bertz CT molecular complexity index is 1290. The van der Waals surface area contributed by atoms with E-state index >= 15 is 0 Å². The summed E-state index contributed by atoms with van der Waals surface area (Å²) in [4.78, 5) is 18.0. The summed E-state index contributed by atoms with van der Waals surface area (Å²) < 4.78 is 17.1. The van der Waals surface area contributed by atoms with Gasteiger partial charge in [-0.1, -0.05) is 6.07 Å². The Morgan fingerprint density at radius 2 is 2.00 bits per heavy atom. The van der Waals surface area contributed by atoms with E-state index in [4.69, 9.17) is 11.5 Å². The molecule has 4 aromatic heterocycles. The fourth-order valence-corrected chi connectivity index (χ4v) is 4.46. The van der Waals surface area contributed by atoms with Crippen molar-refractivity contribution < 1.29 is 9.18 Å². The summed E-state index contributed by atoms with van der Waals surface area (Å²) >= 11 is 0. The number of rotatable bonds is 7. The Kier molecular flexibility index (Phi) is 5.72. The Hall–Kier alpha value is -3.83. The summed E-state index contributed by atoms with van der Waals surface area (Å²) in [6, 6.07) is 10.9. The smallest absolute Gasteiger partial charge is 0.254 e. The van der Waals surface area contributed by atoms with E-state index in [9.17, 15) is 9.18 Å². The molecule has 10 nitrogen and oxygen atoms in total. The van der Waals surface area contributed by atoms with Gasteiger partial charge in [-0.15, -0.1) is 0 Å². The van der Waals surface area contributed by atoms with Crippen LogP contribution in [0.5, 0.6) is 0 Å². The van der Waals surface area contributed by atoms with Gasteiger partial charge in [0.1, 0.15) is 5.56 Å². The number of hydrogen-bond donors (Lipinski definition) is 3. The lowest BCUT2D eigenvalue weighted by molar-refractivity contribution is 0.0980. The molecule has 1 fully saturated rings. The van der Waals surface area contributed by atoms with Gasteiger partial charge in [0.2, 0.25) is 5.95 Å². The van der Waals surface area contributed by atoms with E-state index in [2.05, 4.69) is 31.5 Å². The Morgan fingerprint density at radius 1 is 1.18 bits per heavy atom. The average Bonchev–Trinajstić information content (AvgIpc) is 3.44. The molecule has 11 heteroatoms. The molecule has 34 heavy (non-hydrogen) atoms. The summed E-state index contributed by atoms with van der Waals surface area (Å²) in [5, 5.41) is 12.2. The third-order valence-corrected chi connectivity index (χ3v) is 6.43. The van der Waals surface area contributed by atoms with E-state index in [1.165, 1.54) is 12.3 Å². The number of carbonyl (C=O) groups is 1. The molecular formula is C23H26FN9O. The average molecular weight is 464 g/mol. The number of carbonyl (C=O) groups excluding carboxylic acids is 1. The summed E-state index contributed by atoms with van der Waals surface area (Å²) in [7, 11) is 0. The third kappa shape index (κ3) is 4.22. The molecular weight excluding hydrogens is 437 g/mol. The molecule has 0 aromatic carbocycles. The monoisotopic (exact) mass is 463 g/mol. The van der Waals surface area contributed by atoms with E-state index in [0.29, 0.717) is 12.2 Å². The molecule has 0 bridgehead atoms. The van der Waals surface area contributed by atoms with E-state index in [1.54, 1.807) is 16.9 Å². The molecule has 1 aliphatic rings. The fraction of sp³-hybridized carbons (Fsp3) is 0.304. The summed E-state index contributed by atoms with van der Waals surface area (Å²) in [6.07, 6.45) is 6.40. The van der Waals surface area contributed by atoms with Crippen molar-refractivity contribution in [3.05, 3.63) is 72.2 Å². The molecule has 0 spiro atoms. The molecule has 0 atom stereocenters. The molecule has 0 aliphatic carbocycles. The fourth-order valence-electron chi connectivity index (χ4n) is 4.46. The number of likely N-dealkylation sites (tertiary alicyclic amines) is 1. The minimum absolute atomic E-state index is 0.220. The highest BCUT2D eigenvalue weighted by Gasteiger charge is 2.37. The van der Waals surface area contributed by atoms with Gasteiger partial charge in [-0.2, -0.15) is 14.6 Å². The first-order valence-electron chi connectivity index (χ1n) is 11.1. The number of nitrogens with zero attached hydrogens (tertiary/aromatic N) is 6. The molecule has 1 aliphatic heterocycles. The molecule has 176 valence electrons. The molecule has 1 amide bonds. The van der Waals surface area contributed by atoms with E-state index in [0.717, 1.165) is 43.7 Å². The van der Waals surface area contributed by atoms with Gasteiger partial charge in [-0.05, 0) is 37.1 Å². The first-order chi connectivity index (χ1) is 16.5. The number of nitrogens with two attached hydrogens (primary N) is 2. The highest BCUT2D eigenvalue weighted by Crippen LogP contribution is 2.32. The van der Waals surface area contributed by atoms with Crippen molar-refractivity contribution in [3.63, 3.8) is 0 Å². The number of aromatic nitrogens is 5. The quantitative estimate of drug-likeness (QED) is 0.356. The van der Waals surface area contributed by atoms with Crippen molar-refractivity contribution in [3.8, 4) is 0 Å². The van der Waals surface area contributed by atoms with Gasteiger partial charge in [0, 0.05) is 56.5 Å². The number of primary amides is 1. The Balaban J connectivity index is 1.33. The van der Waals surface area contributed by atoms with Gasteiger partial charge < -0.3 is 16.8 Å². The van der Waals surface area contributed by atoms with Crippen molar-refractivity contribution in [2.24, 2.45) is 11.5 Å². The van der Waals surface area contributed by atoms with Crippen molar-refractivity contribution >= 4 is 22.9 Å². The number of piperidine rings is 1. The van der Waals surface area contributed by atoms with Crippen LogP contribution in [0.15, 0.2) is 55.0 Å². The highest BCUT2D eigenvalue weighted by atomic mass is 19.1. The van der Waals surface area contributed by atoms with Gasteiger partial charge >= 0.3 is 0 Å². The van der Waals surface area contributed by atoms with Crippen molar-refractivity contribution in [2.45, 2.75) is 24.9 Å². The third-order valence-electron chi connectivity index (χ3n) is 6.43. The van der Waals surface area contributed by atoms with Crippen LogP contribution in [0.3, 0.4) is 0 Å². The molecule has 5 N–H and O–H groups in total. The van der Waals surface area contributed by atoms with Crippen LogP contribution in [-0.2, 0) is 12.1 Å². The number of amides is 1. The minimum atomic E-state index is -0.638. The lowest BCUT2D eigenvalue weighted by Gasteiger charge is -2.41. The zero-order valence-electron chi connectivity index (χ0n) is 18.6. The molecule has 5 rings (SSSR count). The first kappa shape index (κ1) is 22.0. The first-order valence-corrected chi connectivity index (χ1v) is 11.1. The van der Waals surface area contributed by atoms with Crippen LogP contribution in [-0.4, -0.2) is 54.8 Å². The SMILES string of the molecule is NCC1(n2cc(C(N)=O)c(Nc3ccnc(F)c3)n2)CCN(Cc2cc3ccccn3n2)CC1. The van der Waals surface area contributed by atoms with Crippen LogP contribution >= 0.6 is 0 Å².